The van der Waals surface area contributed by atoms with E-state index in [2.05, 4.69) is 267 Å². The van der Waals surface area contributed by atoms with Crippen LogP contribution in [0.2, 0.25) is 0 Å². The largest absolute Gasteiger partial charge is 0.508 e. The van der Waals surface area contributed by atoms with Crippen molar-refractivity contribution in [3.63, 3.8) is 0 Å². The van der Waals surface area contributed by atoms with Gasteiger partial charge in [-0.05, 0) is 404 Å². The number of rotatable bonds is 43. The van der Waals surface area contributed by atoms with Gasteiger partial charge in [-0.3, -0.25) is 0 Å². The van der Waals surface area contributed by atoms with Crippen LogP contribution in [0.25, 0.3) is 0 Å². The maximum Gasteiger partial charge on any atom is 0.205 e. The van der Waals surface area contributed by atoms with Gasteiger partial charge in [0.1, 0.15) is 40.2 Å². The van der Waals surface area contributed by atoms with Crippen LogP contribution in [0.15, 0.2) is 170 Å². The molecule has 12 aliphatic rings. The molecule has 19 rings (SSSR count). The average Bonchev–Trinajstić information content (AvgIpc) is 1.34. The molecule has 7 aromatic rings. The van der Waals surface area contributed by atoms with E-state index in [0.717, 1.165) is 126 Å². The highest BCUT2D eigenvalue weighted by molar-refractivity contribution is 5.35. The number of phenolic OH excluding ortho intramolecular Hbond substituents is 1. The predicted molar refractivity (Wildman–Crippen MR) is 598 cm³/mol. The van der Waals surface area contributed by atoms with Gasteiger partial charge in [-0.25, -0.2) is 0 Å². The van der Waals surface area contributed by atoms with Crippen molar-refractivity contribution < 1.29 is 66.7 Å². The number of ether oxygens (including phenoxy) is 13. The Morgan fingerprint density at radius 3 is 0.952 bits per heavy atom. The summed E-state index contributed by atoms with van der Waals surface area (Å²) in [6, 6.07) is 58.7. The molecule has 12 fully saturated rings. The van der Waals surface area contributed by atoms with Crippen molar-refractivity contribution >= 4 is 0 Å². The van der Waals surface area contributed by atoms with Gasteiger partial charge < -0.3 is 66.7 Å². The lowest BCUT2D eigenvalue weighted by Gasteiger charge is -2.58. The van der Waals surface area contributed by atoms with Gasteiger partial charge in [-0.15, -0.1) is 0 Å². The number of phenols is 1. The van der Waals surface area contributed by atoms with Crippen molar-refractivity contribution in [2.75, 3.05) is 41.2 Å². The van der Waals surface area contributed by atoms with Crippen molar-refractivity contribution in [1.29, 1.82) is 0 Å². The van der Waals surface area contributed by atoms with Gasteiger partial charge in [0.2, 0.25) is 31.5 Å². The fourth-order valence-corrected chi connectivity index (χ4v) is 25.9. The molecule has 0 amide bonds. The number of benzene rings is 7. The smallest absolute Gasteiger partial charge is 0.205 e. The zero-order valence-electron chi connectivity index (χ0n) is 95.3. The molecule has 10 bridgehead atoms. The average molecular weight is 2000 g/mol. The second kappa shape index (κ2) is 58.5. The van der Waals surface area contributed by atoms with Crippen molar-refractivity contribution in [2.24, 2.45) is 87.3 Å². The number of fused-ring (bicyclic) bond motifs is 5. The molecule has 0 spiro atoms. The van der Waals surface area contributed by atoms with Crippen LogP contribution < -0.4 is 28.4 Å². The van der Waals surface area contributed by atoms with E-state index >= 15 is 0 Å². The van der Waals surface area contributed by atoms with E-state index < -0.39 is 0 Å². The molecule has 1 N–H and O–H groups in total. The second-order valence-corrected chi connectivity index (χ2v) is 48.1. The van der Waals surface area contributed by atoms with Crippen LogP contribution in [0.5, 0.6) is 40.2 Å². The van der Waals surface area contributed by atoms with Crippen molar-refractivity contribution in [3.05, 3.63) is 209 Å². The SMILES string of the molecule is CCC(C)c1ccc(O)cc1.CCC(C)c1ccc(OC(CC(C)(C)C)OC2CCCCC2)cc1.CCC(C)c1ccc(OC(OC)C23CC4CC(CC(C4)C2)C3)cc1.CCC(C)c1ccc(OC(OC)C23CC4CC(CC(C4)C2)C3)cc1.CCC(C)c1ccc(OC(OC2CC3CC2C2CCCC32)C(C)C)cc1.CCC(C)c1ccc(OC(OCCOC)C(C)C)cc1.CCOC(C)Oc1ccc(C(C)CC)cc1. The van der Waals surface area contributed by atoms with Gasteiger partial charge >= 0.3 is 0 Å². The molecule has 12 saturated carbocycles. The standard InChI is InChI=1S/C24H36O2.2C22H32O2.C22H36O2.C17H28O3.C14H22O2.C10H14O/c1-5-16(4)17-9-11-19(12-10-17)25-24(15(2)3)26-23-14-18-13-22(23)21-8-6-7-20(18)21;2*1-4-15(2)19-5-7-20(8-6-19)24-21(23-3)22-12-16-9-17(13-22)11-18(10-16)14-22;1-6-17(2)18-12-14-20(15-13-18)24-21(16-22(3,4)5)23-19-10-8-7-9-11-19;1-6-14(4)15-7-9-16(10-8-15)20-17(13(2)3)19-12-11-18-5;1-5-11(3)13-7-9-14(10-8-13)16-12(4)15-6-2;1-3-8(2)9-4-6-10(11)7-5-9/h9-12,15-16,18,20-24H,5-8,13-14H2,1-4H3;2*5-8,15-18,21H,4,9-14H2,1-3H3;12-15,17,19,21H,6-11,16H2,1-5H3;7-10,13-14,17H,6,11-12H2,1-5H3;7-12H,5-6H2,1-4H3;4-8,11H,3H2,1-2H3. The number of hydrogen-bond donors (Lipinski definition) is 1. The van der Waals surface area contributed by atoms with Gasteiger partial charge in [0.05, 0.1) is 25.4 Å². The predicted octanol–water partition coefficient (Wildman–Crippen LogP) is 35.7. The van der Waals surface area contributed by atoms with E-state index in [1.165, 1.54) is 199 Å². The number of methoxy groups -OCH3 is 3. The molecule has 808 valence electrons. The minimum absolute atomic E-state index is 0.0830. The molecule has 145 heavy (non-hydrogen) atoms. The first-order chi connectivity index (χ1) is 69.6. The highest BCUT2D eigenvalue weighted by Crippen LogP contribution is 2.64. The summed E-state index contributed by atoms with van der Waals surface area (Å²) in [6.45, 7) is 52.3. The number of hydrogen-bond acceptors (Lipinski definition) is 14. The van der Waals surface area contributed by atoms with Crippen LogP contribution >= 0.6 is 0 Å². The molecule has 0 aromatic heterocycles. The fourth-order valence-electron chi connectivity index (χ4n) is 25.9. The van der Waals surface area contributed by atoms with Gasteiger partial charge in [-0.1, -0.05) is 256 Å². The normalized spacial score (nSPS) is 26.1. The Bertz CT molecular complexity index is 4520. The summed E-state index contributed by atoms with van der Waals surface area (Å²) in [7, 11) is 5.33. The molecular weight excluding hydrogens is 1800 g/mol. The van der Waals surface area contributed by atoms with E-state index in [1.54, 1.807) is 19.2 Å². The molecule has 14 heteroatoms. The Balaban J connectivity index is 0.000000163. The lowest BCUT2D eigenvalue weighted by Crippen LogP contribution is -2.53. The summed E-state index contributed by atoms with van der Waals surface area (Å²) in [5.74, 6) is 20.0. The Labute approximate surface area is 882 Å². The van der Waals surface area contributed by atoms with Crippen molar-refractivity contribution in [2.45, 2.75) is 443 Å². The quantitative estimate of drug-likeness (QED) is 0.0286. The molecule has 7 aromatic carbocycles. The summed E-state index contributed by atoms with van der Waals surface area (Å²) in [4.78, 5) is 0. The van der Waals surface area contributed by atoms with Crippen LogP contribution in [0.1, 0.15) is 432 Å². The second-order valence-electron chi connectivity index (χ2n) is 48.1. The summed E-state index contributed by atoms with van der Waals surface area (Å²) < 4.78 is 77.6. The van der Waals surface area contributed by atoms with Gasteiger partial charge in [0.25, 0.3) is 0 Å². The van der Waals surface area contributed by atoms with Crippen LogP contribution in [0, 0.1) is 87.3 Å². The van der Waals surface area contributed by atoms with Crippen LogP contribution in [-0.2, 0) is 33.2 Å². The summed E-state index contributed by atoms with van der Waals surface area (Å²) in [6.07, 6.45) is 38.9. The summed E-state index contributed by atoms with van der Waals surface area (Å²) in [5.41, 5.74) is 10.3. The molecule has 18 unspecified atom stereocenters. The maximum atomic E-state index is 9.01. The lowest BCUT2D eigenvalue weighted by atomic mass is 9.49. The third-order valence-corrected chi connectivity index (χ3v) is 35.0. The highest BCUT2D eigenvalue weighted by atomic mass is 16.7. The topological polar surface area (TPSA) is 140 Å². The minimum atomic E-state index is -0.236. The van der Waals surface area contributed by atoms with E-state index in [1.807, 2.05) is 64.5 Å². The Morgan fingerprint density at radius 2 is 0.634 bits per heavy atom. The monoisotopic (exact) mass is 2000 g/mol. The third-order valence-electron chi connectivity index (χ3n) is 35.0. The third kappa shape index (κ3) is 35.2. The molecule has 18 atom stereocenters. The van der Waals surface area contributed by atoms with Gasteiger partial charge in [-0.2, -0.15) is 0 Å². The first-order valence-corrected chi connectivity index (χ1v) is 58.1. The van der Waals surface area contributed by atoms with Gasteiger partial charge in [0, 0.05) is 57.0 Å². The molecule has 0 saturated heterocycles. The van der Waals surface area contributed by atoms with Gasteiger partial charge in [0.15, 0.2) is 6.29 Å². The van der Waals surface area contributed by atoms with Crippen molar-refractivity contribution in [1.82, 2.24) is 0 Å². The highest BCUT2D eigenvalue weighted by Gasteiger charge is 2.58. The Kier molecular flexibility index (Phi) is 47.6. The van der Waals surface area contributed by atoms with Crippen LogP contribution in [0.4, 0.5) is 0 Å². The van der Waals surface area contributed by atoms with E-state index in [0.29, 0.717) is 91.0 Å². The molecule has 0 radical (unpaired) electrons. The first-order valence-electron chi connectivity index (χ1n) is 58.1. The minimum Gasteiger partial charge on any atom is -0.508 e. The first kappa shape index (κ1) is 118. The van der Waals surface area contributed by atoms with E-state index in [-0.39, 0.29) is 54.0 Å². The number of aromatic hydroxyl groups is 1. The summed E-state index contributed by atoms with van der Waals surface area (Å²) in [5, 5.41) is 9.01. The lowest BCUT2D eigenvalue weighted by molar-refractivity contribution is -0.204. The molecule has 0 heterocycles. The van der Waals surface area contributed by atoms with E-state index in [4.69, 9.17) is 66.7 Å². The fraction of sp³-hybridized carbons (Fsp3) is 0.679. The Hall–Kier alpha value is -7.14. The zero-order valence-corrected chi connectivity index (χ0v) is 95.3. The molecule has 12 aliphatic carbocycles. The van der Waals surface area contributed by atoms with E-state index in [9.17, 15) is 0 Å². The van der Waals surface area contributed by atoms with Crippen molar-refractivity contribution in [3.8, 4) is 40.2 Å². The summed E-state index contributed by atoms with van der Waals surface area (Å²) >= 11 is 0. The van der Waals surface area contributed by atoms with Crippen LogP contribution in [-0.4, -0.2) is 96.2 Å². The molecular formula is C131H200O14. The molecule has 0 aliphatic heterocycles. The Morgan fingerprint density at radius 1 is 0.317 bits per heavy atom. The van der Waals surface area contributed by atoms with Crippen LogP contribution in [0.3, 0.4) is 0 Å². The molecule has 14 nitrogen and oxygen atoms in total. The zero-order chi connectivity index (χ0) is 104. The maximum absolute atomic E-state index is 9.01.